The van der Waals surface area contributed by atoms with E-state index < -0.39 is 0 Å². The van der Waals surface area contributed by atoms with Gasteiger partial charge in [-0.1, -0.05) is 6.58 Å². The molecular formula is C14H17NO3. The molecule has 96 valence electrons. The Morgan fingerprint density at radius 3 is 2.56 bits per heavy atom. The first-order chi connectivity index (χ1) is 8.67. The number of amides is 1. The Labute approximate surface area is 107 Å². The summed E-state index contributed by atoms with van der Waals surface area (Å²) in [5.74, 6) is 1.15. The summed E-state index contributed by atoms with van der Waals surface area (Å²) >= 11 is 0. The summed E-state index contributed by atoms with van der Waals surface area (Å²) in [7, 11) is 3.13. The van der Waals surface area contributed by atoms with E-state index in [9.17, 15) is 4.79 Å². The van der Waals surface area contributed by atoms with Crippen LogP contribution in [0.4, 0.5) is 0 Å². The van der Waals surface area contributed by atoms with Gasteiger partial charge in [0.25, 0.3) is 5.91 Å². The van der Waals surface area contributed by atoms with Crippen molar-refractivity contribution < 1.29 is 14.3 Å². The van der Waals surface area contributed by atoms with E-state index in [1.807, 2.05) is 0 Å². The Kier molecular flexibility index (Phi) is 3.55. The Balaban J connectivity index is 2.28. The Morgan fingerprint density at radius 1 is 1.28 bits per heavy atom. The fraction of sp³-hybridized carbons (Fsp3) is 0.357. The summed E-state index contributed by atoms with van der Waals surface area (Å²) in [5.41, 5.74) is 1.48. The van der Waals surface area contributed by atoms with Crippen molar-refractivity contribution in [1.82, 2.24) is 4.90 Å². The number of rotatable bonds is 3. The summed E-state index contributed by atoms with van der Waals surface area (Å²) in [4.78, 5) is 14.0. The molecule has 1 aromatic rings. The van der Waals surface area contributed by atoms with Crippen LogP contribution in [0.5, 0.6) is 11.5 Å². The third-order valence-electron chi connectivity index (χ3n) is 3.10. The van der Waals surface area contributed by atoms with Crippen LogP contribution in [-0.4, -0.2) is 31.6 Å². The zero-order valence-corrected chi connectivity index (χ0v) is 10.7. The Bertz CT molecular complexity index is 482. The van der Waals surface area contributed by atoms with Crippen molar-refractivity contribution in [2.75, 3.05) is 20.8 Å². The molecule has 0 saturated carbocycles. The lowest BCUT2D eigenvalue weighted by molar-refractivity contribution is 0.0825. The van der Waals surface area contributed by atoms with E-state index in [0.717, 1.165) is 25.1 Å². The second-order valence-electron chi connectivity index (χ2n) is 4.20. The van der Waals surface area contributed by atoms with Gasteiger partial charge >= 0.3 is 0 Å². The van der Waals surface area contributed by atoms with Gasteiger partial charge in [-0.05, 0) is 31.0 Å². The van der Waals surface area contributed by atoms with Crippen LogP contribution < -0.4 is 9.47 Å². The molecule has 4 heteroatoms. The van der Waals surface area contributed by atoms with Gasteiger partial charge in [0.2, 0.25) is 0 Å². The predicted octanol–water partition coefficient (Wildman–Crippen LogP) is 2.45. The first-order valence-electron chi connectivity index (χ1n) is 5.89. The van der Waals surface area contributed by atoms with Crippen molar-refractivity contribution in [3.63, 3.8) is 0 Å². The molecule has 1 amide bonds. The molecule has 0 radical (unpaired) electrons. The van der Waals surface area contributed by atoms with Gasteiger partial charge in [-0.15, -0.1) is 0 Å². The van der Waals surface area contributed by atoms with Gasteiger partial charge in [-0.2, -0.15) is 0 Å². The second kappa shape index (κ2) is 5.12. The van der Waals surface area contributed by atoms with Gasteiger partial charge in [0.1, 0.15) is 0 Å². The number of allylic oxidation sites excluding steroid dienone is 1. The van der Waals surface area contributed by atoms with Crippen LogP contribution in [0.2, 0.25) is 0 Å². The van der Waals surface area contributed by atoms with Gasteiger partial charge in [0.15, 0.2) is 11.5 Å². The minimum Gasteiger partial charge on any atom is -0.493 e. The third-order valence-corrected chi connectivity index (χ3v) is 3.10. The molecule has 2 rings (SSSR count). The van der Waals surface area contributed by atoms with Crippen molar-refractivity contribution >= 4 is 5.91 Å². The van der Waals surface area contributed by atoms with E-state index >= 15 is 0 Å². The van der Waals surface area contributed by atoms with Crippen LogP contribution in [0.15, 0.2) is 30.5 Å². The number of methoxy groups -OCH3 is 2. The lowest BCUT2D eigenvalue weighted by atomic mass is 10.1. The summed E-state index contributed by atoms with van der Waals surface area (Å²) in [5, 5.41) is 0. The van der Waals surface area contributed by atoms with Gasteiger partial charge < -0.3 is 14.4 Å². The largest absolute Gasteiger partial charge is 0.493 e. The molecule has 0 unspecified atom stereocenters. The van der Waals surface area contributed by atoms with Gasteiger partial charge in [0.05, 0.1) is 14.2 Å². The molecule has 1 aliphatic rings. The molecule has 0 aliphatic carbocycles. The number of likely N-dealkylation sites (tertiary alicyclic amines) is 1. The highest BCUT2D eigenvalue weighted by Crippen LogP contribution is 2.29. The molecule has 0 N–H and O–H groups in total. The summed E-state index contributed by atoms with van der Waals surface area (Å²) in [6.45, 7) is 4.65. The molecule has 1 heterocycles. The highest BCUT2D eigenvalue weighted by Gasteiger charge is 2.23. The SMILES string of the molecule is C=C1CCCN1C(=O)c1ccc(OC)c(OC)c1. The van der Waals surface area contributed by atoms with Gasteiger partial charge in [0, 0.05) is 17.8 Å². The van der Waals surface area contributed by atoms with Crippen LogP contribution in [0, 0.1) is 0 Å². The fourth-order valence-electron chi connectivity index (χ4n) is 2.10. The van der Waals surface area contributed by atoms with Crippen molar-refractivity contribution in [3.8, 4) is 11.5 Å². The molecule has 1 aliphatic heterocycles. The minimum atomic E-state index is -0.0292. The van der Waals surface area contributed by atoms with E-state index in [4.69, 9.17) is 9.47 Å². The lowest BCUT2D eigenvalue weighted by Crippen LogP contribution is -2.25. The molecule has 4 nitrogen and oxygen atoms in total. The Hall–Kier alpha value is -1.97. The maximum absolute atomic E-state index is 12.3. The van der Waals surface area contributed by atoms with E-state index in [-0.39, 0.29) is 5.91 Å². The molecule has 1 aromatic carbocycles. The average Bonchev–Trinajstić information content (AvgIpc) is 2.83. The standard InChI is InChI=1S/C14H17NO3/c1-10-5-4-8-15(10)14(16)11-6-7-12(17-2)13(9-11)18-3/h6-7,9H,1,4-5,8H2,2-3H3. The maximum atomic E-state index is 12.3. The van der Waals surface area contributed by atoms with E-state index in [1.165, 1.54) is 0 Å². The predicted molar refractivity (Wildman–Crippen MR) is 69.0 cm³/mol. The number of hydrogen-bond donors (Lipinski definition) is 0. The van der Waals surface area contributed by atoms with Crippen LogP contribution in [0.1, 0.15) is 23.2 Å². The smallest absolute Gasteiger partial charge is 0.258 e. The summed E-state index contributed by atoms with van der Waals surface area (Å²) in [6.07, 6.45) is 1.87. The maximum Gasteiger partial charge on any atom is 0.258 e. The molecule has 0 atom stereocenters. The highest BCUT2D eigenvalue weighted by molar-refractivity contribution is 5.96. The first-order valence-corrected chi connectivity index (χ1v) is 5.89. The van der Waals surface area contributed by atoms with Crippen LogP contribution in [0.25, 0.3) is 0 Å². The summed E-state index contributed by atoms with van der Waals surface area (Å²) < 4.78 is 10.3. The zero-order valence-electron chi connectivity index (χ0n) is 10.7. The molecule has 1 fully saturated rings. The number of hydrogen-bond acceptors (Lipinski definition) is 3. The fourth-order valence-corrected chi connectivity index (χ4v) is 2.10. The number of carbonyl (C=O) groups excluding carboxylic acids is 1. The second-order valence-corrected chi connectivity index (χ2v) is 4.20. The molecular weight excluding hydrogens is 230 g/mol. The van der Waals surface area contributed by atoms with E-state index in [1.54, 1.807) is 37.3 Å². The lowest BCUT2D eigenvalue weighted by Gasteiger charge is -2.17. The highest BCUT2D eigenvalue weighted by atomic mass is 16.5. The monoisotopic (exact) mass is 247 g/mol. The van der Waals surface area contributed by atoms with E-state index in [0.29, 0.717) is 17.1 Å². The van der Waals surface area contributed by atoms with Crippen molar-refractivity contribution in [1.29, 1.82) is 0 Å². The topological polar surface area (TPSA) is 38.8 Å². The van der Waals surface area contributed by atoms with Crippen LogP contribution in [-0.2, 0) is 0 Å². The Morgan fingerprint density at radius 2 is 2.00 bits per heavy atom. The first kappa shape index (κ1) is 12.5. The number of ether oxygens (including phenoxy) is 2. The molecule has 0 bridgehead atoms. The van der Waals surface area contributed by atoms with Gasteiger partial charge in [-0.3, -0.25) is 4.79 Å². The quantitative estimate of drug-likeness (QED) is 0.823. The molecule has 1 saturated heterocycles. The van der Waals surface area contributed by atoms with Gasteiger partial charge in [-0.25, -0.2) is 0 Å². The molecule has 18 heavy (non-hydrogen) atoms. The number of benzene rings is 1. The van der Waals surface area contributed by atoms with Crippen molar-refractivity contribution in [3.05, 3.63) is 36.0 Å². The van der Waals surface area contributed by atoms with Crippen molar-refractivity contribution in [2.24, 2.45) is 0 Å². The normalized spacial score (nSPS) is 14.8. The van der Waals surface area contributed by atoms with Crippen LogP contribution in [0.3, 0.4) is 0 Å². The number of nitrogens with zero attached hydrogens (tertiary/aromatic N) is 1. The molecule has 0 aromatic heterocycles. The average molecular weight is 247 g/mol. The van der Waals surface area contributed by atoms with Crippen molar-refractivity contribution in [2.45, 2.75) is 12.8 Å². The van der Waals surface area contributed by atoms with E-state index in [2.05, 4.69) is 6.58 Å². The minimum absolute atomic E-state index is 0.0292. The molecule has 0 spiro atoms. The third kappa shape index (κ3) is 2.18. The zero-order chi connectivity index (χ0) is 13.1. The summed E-state index contributed by atoms with van der Waals surface area (Å²) in [6, 6.07) is 5.19. The number of carbonyl (C=O) groups is 1. The van der Waals surface area contributed by atoms with Crippen LogP contribution >= 0.6 is 0 Å².